The summed E-state index contributed by atoms with van der Waals surface area (Å²) >= 11 is 0. The number of nitrogens with zero attached hydrogens (tertiary/aromatic N) is 2. The van der Waals surface area contributed by atoms with Crippen LogP contribution in [0, 0.1) is 0 Å². The molecule has 3 rings (SSSR count). The van der Waals surface area contributed by atoms with Crippen molar-refractivity contribution in [3.05, 3.63) is 60.2 Å². The molecule has 1 atom stereocenters. The average molecular weight is 370 g/mol. The summed E-state index contributed by atoms with van der Waals surface area (Å²) in [6, 6.07) is 17.7. The maximum absolute atomic E-state index is 11.9. The van der Waals surface area contributed by atoms with Gasteiger partial charge in [0.2, 0.25) is 0 Å². The quantitative estimate of drug-likeness (QED) is 0.771. The van der Waals surface area contributed by atoms with E-state index in [0.29, 0.717) is 26.3 Å². The van der Waals surface area contributed by atoms with Gasteiger partial charge in [-0.3, -0.25) is 4.79 Å². The molecule has 1 aliphatic heterocycles. The second-order valence-electron chi connectivity index (χ2n) is 6.65. The van der Waals surface area contributed by atoms with Gasteiger partial charge < -0.3 is 24.4 Å². The number of hydrogen-bond acceptors (Lipinski definition) is 5. The molecular formula is C21H26N2O4. The molecule has 1 aliphatic rings. The maximum Gasteiger partial charge on any atom is 0.253 e. The molecule has 0 aliphatic carbocycles. The molecule has 27 heavy (non-hydrogen) atoms. The molecule has 1 saturated heterocycles. The molecule has 0 aromatic heterocycles. The molecule has 0 radical (unpaired) electrons. The van der Waals surface area contributed by atoms with Crippen LogP contribution in [0.25, 0.3) is 0 Å². The number of carbonyl (C=O) groups excluding carboxylic acids is 1. The second-order valence-corrected chi connectivity index (χ2v) is 6.65. The van der Waals surface area contributed by atoms with Gasteiger partial charge in [0.1, 0.15) is 6.61 Å². The number of anilines is 2. The smallest absolute Gasteiger partial charge is 0.253 e. The van der Waals surface area contributed by atoms with Crippen molar-refractivity contribution in [2.45, 2.75) is 12.7 Å². The highest BCUT2D eigenvalue weighted by molar-refractivity contribution is 5.95. The Labute approximate surface area is 159 Å². The third kappa shape index (κ3) is 5.53. The van der Waals surface area contributed by atoms with Crippen LogP contribution in [0.3, 0.4) is 0 Å². The van der Waals surface area contributed by atoms with Crippen LogP contribution in [-0.4, -0.2) is 57.1 Å². The van der Waals surface area contributed by atoms with E-state index >= 15 is 0 Å². The van der Waals surface area contributed by atoms with E-state index < -0.39 is 6.10 Å². The molecule has 1 heterocycles. The summed E-state index contributed by atoms with van der Waals surface area (Å²) in [6.45, 7) is 2.50. The molecule has 1 N–H and O–H groups in total. The molecular weight excluding hydrogens is 344 g/mol. The molecule has 6 nitrogen and oxygen atoms in total. The maximum atomic E-state index is 11.9. The lowest BCUT2D eigenvalue weighted by Gasteiger charge is -2.28. The number of benzene rings is 2. The van der Waals surface area contributed by atoms with Gasteiger partial charge in [-0.25, -0.2) is 0 Å². The van der Waals surface area contributed by atoms with E-state index in [1.807, 2.05) is 66.5 Å². The summed E-state index contributed by atoms with van der Waals surface area (Å²) in [5.74, 6) is -0.0201. The molecule has 0 saturated carbocycles. The monoisotopic (exact) mass is 370 g/mol. The van der Waals surface area contributed by atoms with Gasteiger partial charge in [0.15, 0.2) is 0 Å². The Morgan fingerprint density at radius 2 is 1.93 bits per heavy atom. The Kier molecular flexibility index (Phi) is 6.81. The Morgan fingerprint density at radius 3 is 2.63 bits per heavy atom. The number of aliphatic hydroxyl groups excluding tert-OH is 1. The number of amides is 1. The number of hydrogen-bond donors (Lipinski definition) is 1. The van der Waals surface area contributed by atoms with Crippen molar-refractivity contribution in [1.82, 2.24) is 0 Å². The topological polar surface area (TPSA) is 62.2 Å². The summed E-state index contributed by atoms with van der Waals surface area (Å²) in [5.41, 5.74) is 2.93. The lowest BCUT2D eigenvalue weighted by atomic mass is 10.2. The molecule has 2 aromatic rings. The van der Waals surface area contributed by atoms with E-state index in [-0.39, 0.29) is 19.1 Å². The number of morpholine rings is 1. The Morgan fingerprint density at radius 1 is 1.19 bits per heavy atom. The van der Waals surface area contributed by atoms with Crippen molar-refractivity contribution in [2.24, 2.45) is 0 Å². The van der Waals surface area contributed by atoms with Crippen LogP contribution in [0.4, 0.5) is 11.4 Å². The van der Waals surface area contributed by atoms with Crippen LogP contribution in [0.5, 0.6) is 0 Å². The predicted molar refractivity (Wildman–Crippen MR) is 105 cm³/mol. The molecule has 1 fully saturated rings. The zero-order valence-electron chi connectivity index (χ0n) is 15.6. The third-order valence-electron chi connectivity index (χ3n) is 4.49. The zero-order valence-corrected chi connectivity index (χ0v) is 15.6. The lowest BCUT2D eigenvalue weighted by molar-refractivity contribution is -0.125. The van der Waals surface area contributed by atoms with Crippen LogP contribution in [0.2, 0.25) is 0 Å². The van der Waals surface area contributed by atoms with Crippen molar-refractivity contribution < 1.29 is 19.4 Å². The Hall–Kier alpha value is -2.41. The average Bonchev–Trinajstić information content (AvgIpc) is 2.69. The van der Waals surface area contributed by atoms with E-state index in [1.54, 1.807) is 4.90 Å². The molecule has 0 spiro atoms. The Bertz CT molecular complexity index is 721. The molecule has 0 unspecified atom stereocenters. The minimum atomic E-state index is -0.584. The van der Waals surface area contributed by atoms with Crippen molar-refractivity contribution in [3.8, 4) is 0 Å². The van der Waals surface area contributed by atoms with Gasteiger partial charge in [0, 0.05) is 31.5 Å². The van der Waals surface area contributed by atoms with Crippen molar-refractivity contribution in [1.29, 1.82) is 0 Å². The van der Waals surface area contributed by atoms with E-state index in [2.05, 4.69) is 0 Å². The first-order chi connectivity index (χ1) is 13.1. The number of ether oxygens (including phenoxy) is 2. The second kappa shape index (κ2) is 9.50. The largest absolute Gasteiger partial charge is 0.389 e. The summed E-state index contributed by atoms with van der Waals surface area (Å²) in [4.78, 5) is 15.6. The Balaban J connectivity index is 1.47. The number of rotatable bonds is 8. The lowest BCUT2D eigenvalue weighted by Crippen LogP contribution is -2.41. The van der Waals surface area contributed by atoms with Crippen molar-refractivity contribution in [2.75, 3.05) is 49.8 Å². The van der Waals surface area contributed by atoms with Crippen LogP contribution in [-0.2, 0) is 20.9 Å². The number of aliphatic hydroxyl groups is 1. The number of likely N-dealkylation sites (N-methyl/N-ethyl adjacent to an activating group) is 1. The van der Waals surface area contributed by atoms with E-state index in [1.165, 1.54) is 0 Å². The van der Waals surface area contributed by atoms with E-state index in [0.717, 1.165) is 16.9 Å². The van der Waals surface area contributed by atoms with Crippen LogP contribution in [0.1, 0.15) is 5.56 Å². The SMILES string of the molecule is CN(C[C@@H](O)COCc1ccccc1)c1ccc(N2CCOCC2=O)cc1. The zero-order chi connectivity index (χ0) is 19.1. The normalized spacial score (nSPS) is 15.6. The van der Waals surface area contributed by atoms with Crippen LogP contribution >= 0.6 is 0 Å². The highest BCUT2D eigenvalue weighted by Crippen LogP contribution is 2.21. The summed E-state index contributed by atoms with van der Waals surface area (Å²) < 4.78 is 10.8. The van der Waals surface area contributed by atoms with Gasteiger partial charge >= 0.3 is 0 Å². The molecule has 2 aromatic carbocycles. The fourth-order valence-corrected chi connectivity index (χ4v) is 3.04. The van der Waals surface area contributed by atoms with Gasteiger partial charge in [0.25, 0.3) is 5.91 Å². The van der Waals surface area contributed by atoms with E-state index in [9.17, 15) is 9.90 Å². The molecule has 6 heteroatoms. The summed E-state index contributed by atoms with van der Waals surface area (Å²) in [7, 11) is 1.93. The minimum Gasteiger partial charge on any atom is -0.389 e. The van der Waals surface area contributed by atoms with Crippen LogP contribution < -0.4 is 9.80 Å². The van der Waals surface area contributed by atoms with Gasteiger partial charge in [-0.2, -0.15) is 0 Å². The minimum absolute atomic E-state index is 0.0201. The van der Waals surface area contributed by atoms with Gasteiger partial charge in [-0.15, -0.1) is 0 Å². The highest BCUT2D eigenvalue weighted by Gasteiger charge is 2.20. The first kappa shape index (κ1) is 19.4. The molecule has 0 bridgehead atoms. The van der Waals surface area contributed by atoms with Gasteiger partial charge in [-0.05, 0) is 29.8 Å². The van der Waals surface area contributed by atoms with Gasteiger partial charge in [-0.1, -0.05) is 30.3 Å². The first-order valence-electron chi connectivity index (χ1n) is 9.12. The van der Waals surface area contributed by atoms with Crippen molar-refractivity contribution >= 4 is 17.3 Å². The molecule has 1 amide bonds. The first-order valence-corrected chi connectivity index (χ1v) is 9.12. The fourth-order valence-electron chi connectivity index (χ4n) is 3.04. The predicted octanol–water partition coefficient (Wildman–Crippen LogP) is 2.06. The van der Waals surface area contributed by atoms with E-state index in [4.69, 9.17) is 9.47 Å². The summed E-state index contributed by atoms with van der Waals surface area (Å²) in [5, 5.41) is 10.2. The standard InChI is InChI=1S/C21H26N2O4/c1-22(13-20(24)15-27-14-17-5-3-2-4-6-17)18-7-9-19(10-8-18)23-11-12-26-16-21(23)25/h2-10,20,24H,11-16H2,1H3/t20-/m1/s1. The summed E-state index contributed by atoms with van der Waals surface area (Å²) in [6.07, 6.45) is -0.584. The highest BCUT2D eigenvalue weighted by atomic mass is 16.5. The van der Waals surface area contributed by atoms with Gasteiger partial charge in [0.05, 0.1) is 25.9 Å². The third-order valence-corrected chi connectivity index (χ3v) is 4.49. The van der Waals surface area contributed by atoms with Crippen molar-refractivity contribution in [3.63, 3.8) is 0 Å². The fraction of sp³-hybridized carbons (Fsp3) is 0.381. The van der Waals surface area contributed by atoms with Crippen LogP contribution in [0.15, 0.2) is 54.6 Å². The number of carbonyl (C=O) groups is 1. The molecule has 144 valence electrons.